The van der Waals surface area contributed by atoms with E-state index in [9.17, 15) is 14.4 Å². The standard InChI is InChI=1S/C20H16BrClN2O5/c1-2-28-17(25)11-29-18-15(21)9-12(10-16(18)22)8-14-19(26)23-24(20(14)27)13-6-4-3-5-7-13/h3-10H,2,11H2,1H3,(H,23,26)/b14-8-. The summed E-state index contributed by atoms with van der Waals surface area (Å²) in [5, 5.41) is 1.39. The predicted octanol–water partition coefficient (Wildman–Crippen LogP) is 3.51. The molecule has 0 unspecified atom stereocenters. The number of nitrogens with zero attached hydrogens (tertiary/aromatic N) is 1. The number of nitrogens with one attached hydrogen (secondary N) is 1. The average molecular weight is 480 g/mol. The van der Waals surface area contributed by atoms with Crippen LogP contribution in [-0.4, -0.2) is 31.0 Å². The first-order valence-corrected chi connectivity index (χ1v) is 9.77. The van der Waals surface area contributed by atoms with Crippen molar-refractivity contribution >= 4 is 57.1 Å². The van der Waals surface area contributed by atoms with Crippen LogP contribution in [0.25, 0.3) is 6.08 Å². The number of rotatable bonds is 6. The molecule has 0 bridgehead atoms. The third-order valence-electron chi connectivity index (χ3n) is 3.88. The maximum Gasteiger partial charge on any atom is 0.344 e. The molecule has 1 heterocycles. The number of benzene rings is 2. The molecule has 0 aliphatic carbocycles. The maximum absolute atomic E-state index is 12.7. The van der Waals surface area contributed by atoms with E-state index in [-0.39, 0.29) is 29.6 Å². The lowest BCUT2D eigenvalue weighted by Crippen LogP contribution is -2.35. The zero-order valence-electron chi connectivity index (χ0n) is 15.3. The molecule has 29 heavy (non-hydrogen) atoms. The Morgan fingerprint density at radius 3 is 2.62 bits per heavy atom. The van der Waals surface area contributed by atoms with Gasteiger partial charge in [0.15, 0.2) is 12.4 Å². The molecule has 0 saturated carbocycles. The summed E-state index contributed by atoms with van der Waals surface area (Å²) in [6.45, 7) is 1.65. The third-order valence-corrected chi connectivity index (χ3v) is 4.75. The Morgan fingerprint density at radius 1 is 1.24 bits per heavy atom. The number of esters is 1. The van der Waals surface area contributed by atoms with Gasteiger partial charge in [-0.25, -0.2) is 9.80 Å². The van der Waals surface area contributed by atoms with Gasteiger partial charge in [-0.1, -0.05) is 29.8 Å². The second kappa shape index (κ2) is 9.11. The van der Waals surface area contributed by atoms with E-state index in [0.29, 0.717) is 15.7 Å². The van der Waals surface area contributed by atoms with Gasteiger partial charge in [-0.2, -0.15) is 0 Å². The molecule has 2 aromatic rings. The summed E-state index contributed by atoms with van der Waals surface area (Å²) < 4.78 is 10.7. The van der Waals surface area contributed by atoms with Gasteiger partial charge in [-0.3, -0.25) is 15.0 Å². The highest BCUT2D eigenvalue weighted by Crippen LogP contribution is 2.35. The van der Waals surface area contributed by atoms with Crippen LogP contribution in [0.2, 0.25) is 5.02 Å². The highest BCUT2D eigenvalue weighted by atomic mass is 79.9. The molecular weight excluding hydrogens is 464 g/mol. The molecule has 150 valence electrons. The Bertz CT molecular complexity index is 971. The number of carbonyl (C=O) groups is 3. The molecule has 3 rings (SSSR count). The van der Waals surface area contributed by atoms with Crippen molar-refractivity contribution in [3.8, 4) is 5.75 Å². The number of amides is 2. The Morgan fingerprint density at radius 2 is 1.97 bits per heavy atom. The van der Waals surface area contributed by atoms with Gasteiger partial charge >= 0.3 is 5.97 Å². The molecule has 1 aliphatic heterocycles. The number of hydrogen-bond acceptors (Lipinski definition) is 5. The van der Waals surface area contributed by atoms with E-state index >= 15 is 0 Å². The lowest BCUT2D eigenvalue weighted by atomic mass is 10.1. The molecule has 1 aliphatic rings. The number of halogens is 2. The summed E-state index contributed by atoms with van der Waals surface area (Å²) in [6, 6.07) is 11.9. The highest BCUT2D eigenvalue weighted by Gasteiger charge is 2.34. The number of carbonyl (C=O) groups excluding carboxylic acids is 3. The van der Waals surface area contributed by atoms with Crippen molar-refractivity contribution in [3.63, 3.8) is 0 Å². The van der Waals surface area contributed by atoms with Crippen molar-refractivity contribution in [2.45, 2.75) is 6.92 Å². The fourth-order valence-corrected chi connectivity index (χ4v) is 3.61. The number of anilines is 1. The summed E-state index contributed by atoms with van der Waals surface area (Å²) in [6.07, 6.45) is 1.44. The molecule has 0 radical (unpaired) electrons. The SMILES string of the molecule is CCOC(=O)COc1c(Cl)cc(/C=C2/C(=O)NN(c3ccccc3)C2=O)cc1Br. The molecule has 1 N–H and O–H groups in total. The minimum Gasteiger partial charge on any atom is -0.479 e. The van der Waals surface area contributed by atoms with Crippen LogP contribution >= 0.6 is 27.5 Å². The first-order valence-electron chi connectivity index (χ1n) is 8.60. The van der Waals surface area contributed by atoms with Crippen LogP contribution < -0.4 is 15.2 Å². The third kappa shape index (κ3) is 4.78. The van der Waals surface area contributed by atoms with E-state index in [4.69, 9.17) is 21.1 Å². The fraction of sp³-hybridized carbons (Fsp3) is 0.150. The lowest BCUT2D eigenvalue weighted by molar-refractivity contribution is -0.145. The molecule has 7 nitrogen and oxygen atoms in total. The Balaban J connectivity index is 1.82. The van der Waals surface area contributed by atoms with Crippen LogP contribution in [0.15, 0.2) is 52.5 Å². The van der Waals surface area contributed by atoms with Gasteiger partial charge in [0.25, 0.3) is 11.8 Å². The van der Waals surface area contributed by atoms with Crippen LogP contribution in [0.1, 0.15) is 12.5 Å². The van der Waals surface area contributed by atoms with Gasteiger partial charge < -0.3 is 9.47 Å². The van der Waals surface area contributed by atoms with Crippen molar-refractivity contribution < 1.29 is 23.9 Å². The Hall–Kier alpha value is -2.84. The zero-order chi connectivity index (χ0) is 21.0. The number of ether oxygens (including phenoxy) is 2. The summed E-state index contributed by atoms with van der Waals surface area (Å²) in [5.74, 6) is -1.25. The zero-order valence-corrected chi connectivity index (χ0v) is 17.6. The highest BCUT2D eigenvalue weighted by molar-refractivity contribution is 9.10. The summed E-state index contributed by atoms with van der Waals surface area (Å²) in [7, 11) is 0. The molecule has 0 atom stereocenters. The minimum absolute atomic E-state index is 0.0305. The van der Waals surface area contributed by atoms with Gasteiger partial charge in [0.1, 0.15) is 5.57 Å². The number of hydrogen-bond donors (Lipinski definition) is 1. The normalized spacial score (nSPS) is 14.9. The van der Waals surface area contributed by atoms with Crippen molar-refractivity contribution in [1.82, 2.24) is 5.43 Å². The van der Waals surface area contributed by atoms with E-state index in [1.54, 1.807) is 37.3 Å². The lowest BCUT2D eigenvalue weighted by Gasteiger charge is -2.14. The summed E-state index contributed by atoms with van der Waals surface area (Å²) >= 11 is 9.57. The molecule has 0 aromatic heterocycles. The maximum atomic E-state index is 12.7. The summed E-state index contributed by atoms with van der Waals surface area (Å²) in [5.41, 5.74) is 3.57. The quantitative estimate of drug-likeness (QED) is 0.389. The van der Waals surface area contributed by atoms with E-state index in [1.165, 1.54) is 17.2 Å². The van der Waals surface area contributed by atoms with Gasteiger partial charge in [-0.15, -0.1) is 0 Å². The van der Waals surface area contributed by atoms with E-state index in [0.717, 1.165) is 0 Å². The molecule has 0 spiro atoms. The Labute approximate surface area is 180 Å². The van der Waals surface area contributed by atoms with Crippen molar-refractivity contribution in [2.75, 3.05) is 18.2 Å². The van der Waals surface area contributed by atoms with Gasteiger partial charge in [0, 0.05) is 0 Å². The van der Waals surface area contributed by atoms with Gasteiger partial charge in [0.2, 0.25) is 0 Å². The van der Waals surface area contributed by atoms with Crippen molar-refractivity contribution in [3.05, 3.63) is 63.1 Å². The van der Waals surface area contributed by atoms with Crippen LogP contribution in [-0.2, 0) is 19.1 Å². The molecule has 1 fully saturated rings. The molecule has 2 aromatic carbocycles. The minimum atomic E-state index is -0.520. The van der Waals surface area contributed by atoms with Crippen LogP contribution in [0.4, 0.5) is 5.69 Å². The summed E-state index contributed by atoms with van der Waals surface area (Å²) in [4.78, 5) is 36.4. The second-order valence-corrected chi connectivity index (χ2v) is 7.14. The van der Waals surface area contributed by atoms with E-state index in [1.807, 2.05) is 6.07 Å². The topological polar surface area (TPSA) is 84.9 Å². The Kier molecular flexibility index (Phi) is 6.56. The number of hydrazine groups is 1. The first kappa shape index (κ1) is 20.9. The van der Waals surface area contributed by atoms with Crippen molar-refractivity contribution in [2.24, 2.45) is 0 Å². The van der Waals surface area contributed by atoms with Crippen LogP contribution in [0.3, 0.4) is 0 Å². The van der Waals surface area contributed by atoms with E-state index < -0.39 is 17.8 Å². The molecule has 2 amide bonds. The number of para-hydroxylation sites is 1. The van der Waals surface area contributed by atoms with E-state index in [2.05, 4.69) is 21.4 Å². The van der Waals surface area contributed by atoms with Gasteiger partial charge in [-0.05, 0) is 58.8 Å². The monoisotopic (exact) mass is 478 g/mol. The van der Waals surface area contributed by atoms with Crippen LogP contribution in [0, 0.1) is 0 Å². The second-order valence-electron chi connectivity index (χ2n) is 5.88. The smallest absolute Gasteiger partial charge is 0.344 e. The predicted molar refractivity (Wildman–Crippen MR) is 111 cm³/mol. The molecule has 9 heteroatoms. The fourth-order valence-electron chi connectivity index (χ4n) is 2.62. The van der Waals surface area contributed by atoms with Crippen molar-refractivity contribution in [1.29, 1.82) is 0 Å². The van der Waals surface area contributed by atoms with Crippen LogP contribution in [0.5, 0.6) is 5.75 Å². The molecule has 1 saturated heterocycles. The molecular formula is C20H16BrClN2O5. The average Bonchev–Trinajstić information content (AvgIpc) is 2.96. The van der Waals surface area contributed by atoms with Gasteiger partial charge in [0.05, 0.1) is 21.8 Å². The first-order chi connectivity index (χ1) is 13.9. The largest absolute Gasteiger partial charge is 0.479 e.